The van der Waals surface area contributed by atoms with Crippen LogP contribution in [0.2, 0.25) is 0 Å². The lowest BCUT2D eigenvalue weighted by molar-refractivity contribution is -0.147. The number of phenols is 1. The second-order valence-electron chi connectivity index (χ2n) is 8.38. The second-order valence-corrected chi connectivity index (χ2v) is 8.38. The lowest BCUT2D eigenvalue weighted by Gasteiger charge is -2.19. The summed E-state index contributed by atoms with van der Waals surface area (Å²) in [4.78, 5) is 10.8. The first-order valence-corrected chi connectivity index (χ1v) is 12.5. The smallest absolute Gasteiger partial charge is 0.504 e. The maximum atomic E-state index is 10.8. The number of aromatic hydroxyl groups is 1. The van der Waals surface area contributed by atoms with Crippen molar-refractivity contribution in [1.29, 1.82) is 0 Å². The lowest BCUT2D eigenvalue weighted by atomic mass is 10.1. The van der Waals surface area contributed by atoms with Crippen LogP contribution >= 0.6 is 0 Å². The van der Waals surface area contributed by atoms with E-state index in [2.05, 4.69) is 18.6 Å². The van der Waals surface area contributed by atoms with E-state index in [-0.39, 0.29) is 17.8 Å². The Morgan fingerprint density at radius 2 is 1.38 bits per heavy atom. The maximum Gasteiger partial charge on any atom is 0.511 e. The van der Waals surface area contributed by atoms with Gasteiger partial charge in [-0.3, -0.25) is 0 Å². The maximum absolute atomic E-state index is 10.8. The molecule has 0 heterocycles. The molecule has 32 heavy (non-hydrogen) atoms. The predicted octanol–water partition coefficient (Wildman–Crippen LogP) is 7.46. The highest BCUT2D eigenvalue weighted by molar-refractivity contribution is 5.63. The van der Waals surface area contributed by atoms with E-state index in [9.17, 15) is 9.90 Å². The standard InChI is InChI=1S/C26H44O6/c1-3-5-7-9-11-13-20-30-24(31-21-14-12-10-8-6-4-2)19-18-22-16-15-17-23(25(22)27)32-26(28)29/h15-17,24,27H,3-14,18-21H2,1-2H3,(H,28,29). The van der Waals surface area contributed by atoms with Gasteiger partial charge < -0.3 is 24.4 Å². The number of rotatable bonds is 20. The number of aryl methyl sites for hydroxylation is 1. The Morgan fingerprint density at radius 1 is 0.844 bits per heavy atom. The molecule has 1 aromatic rings. The molecule has 0 aliphatic rings. The molecule has 0 amide bonds. The van der Waals surface area contributed by atoms with Gasteiger partial charge in [-0.25, -0.2) is 4.79 Å². The van der Waals surface area contributed by atoms with Crippen molar-refractivity contribution in [2.45, 2.75) is 110 Å². The van der Waals surface area contributed by atoms with Crippen molar-refractivity contribution in [1.82, 2.24) is 0 Å². The second kappa shape index (κ2) is 18.8. The van der Waals surface area contributed by atoms with E-state index in [0.29, 0.717) is 31.6 Å². The summed E-state index contributed by atoms with van der Waals surface area (Å²) in [6.45, 7) is 5.77. The molecule has 1 aromatic carbocycles. The zero-order valence-corrected chi connectivity index (χ0v) is 20.2. The molecule has 0 spiro atoms. The Morgan fingerprint density at radius 3 is 1.91 bits per heavy atom. The van der Waals surface area contributed by atoms with Crippen LogP contribution in [0, 0.1) is 0 Å². The highest BCUT2D eigenvalue weighted by atomic mass is 16.7. The van der Waals surface area contributed by atoms with Gasteiger partial charge >= 0.3 is 6.16 Å². The first-order chi connectivity index (χ1) is 15.6. The number of phenolic OH excluding ortho intramolecular Hbond substituents is 1. The van der Waals surface area contributed by atoms with Gasteiger partial charge in [0.2, 0.25) is 0 Å². The summed E-state index contributed by atoms with van der Waals surface area (Å²) < 4.78 is 16.7. The minimum absolute atomic E-state index is 0.0486. The fourth-order valence-electron chi connectivity index (χ4n) is 3.63. The molecule has 0 unspecified atom stereocenters. The highest BCUT2D eigenvalue weighted by Gasteiger charge is 2.15. The number of para-hydroxylation sites is 1. The molecule has 184 valence electrons. The minimum atomic E-state index is -1.44. The van der Waals surface area contributed by atoms with E-state index in [4.69, 9.17) is 14.6 Å². The molecule has 0 aromatic heterocycles. The van der Waals surface area contributed by atoms with E-state index >= 15 is 0 Å². The molecule has 0 aliphatic heterocycles. The predicted molar refractivity (Wildman–Crippen MR) is 128 cm³/mol. The van der Waals surface area contributed by atoms with Crippen LogP contribution < -0.4 is 4.74 Å². The molecule has 0 saturated heterocycles. The third kappa shape index (κ3) is 13.6. The Labute approximate surface area is 194 Å². The highest BCUT2D eigenvalue weighted by Crippen LogP contribution is 2.31. The van der Waals surface area contributed by atoms with E-state index < -0.39 is 6.16 Å². The van der Waals surface area contributed by atoms with Crippen molar-refractivity contribution in [3.05, 3.63) is 23.8 Å². The van der Waals surface area contributed by atoms with Crippen LogP contribution in [0.4, 0.5) is 4.79 Å². The summed E-state index contributed by atoms with van der Waals surface area (Å²) in [5, 5.41) is 19.1. The molecule has 0 fully saturated rings. The number of hydrogen-bond acceptors (Lipinski definition) is 5. The topological polar surface area (TPSA) is 85.2 Å². The molecule has 0 atom stereocenters. The fraction of sp³-hybridized carbons (Fsp3) is 0.731. The van der Waals surface area contributed by atoms with Crippen LogP contribution in [0.25, 0.3) is 0 Å². The number of unbranched alkanes of at least 4 members (excludes halogenated alkanes) is 10. The van der Waals surface area contributed by atoms with E-state index in [1.807, 2.05) is 0 Å². The summed E-state index contributed by atoms with van der Waals surface area (Å²) in [6, 6.07) is 4.88. The van der Waals surface area contributed by atoms with Gasteiger partial charge in [0.05, 0.1) is 0 Å². The molecule has 6 nitrogen and oxygen atoms in total. The largest absolute Gasteiger partial charge is 0.511 e. The number of ether oxygens (including phenoxy) is 3. The summed E-state index contributed by atoms with van der Waals surface area (Å²) in [5.41, 5.74) is 0.625. The van der Waals surface area contributed by atoms with E-state index in [0.717, 1.165) is 12.8 Å². The van der Waals surface area contributed by atoms with Crippen LogP contribution in [0.1, 0.15) is 103 Å². The van der Waals surface area contributed by atoms with Gasteiger partial charge in [-0.15, -0.1) is 0 Å². The van der Waals surface area contributed by atoms with Crippen LogP contribution in [0.5, 0.6) is 11.5 Å². The van der Waals surface area contributed by atoms with Gasteiger partial charge in [0, 0.05) is 19.6 Å². The molecule has 0 saturated carbocycles. The van der Waals surface area contributed by atoms with Gasteiger partial charge in [0.15, 0.2) is 17.8 Å². The Kier molecular flexibility index (Phi) is 16.5. The van der Waals surface area contributed by atoms with Crippen molar-refractivity contribution in [3.63, 3.8) is 0 Å². The zero-order valence-electron chi connectivity index (χ0n) is 20.2. The van der Waals surface area contributed by atoms with Crippen molar-refractivity contribution >= 4 is 6.16 Å². The van der Waals surface area contributed by atoms with Gasteiger partial charge in [-0.1, -0.05) is 90.2 Å². The zero-order chi connectivity index (χ0) is 23.4. The number of carbonyl (C=O) groups is 1. The summed E-state index contributed by atoms with van der Waals surface area (Å²) in [6.07, 6.45) is 13.8. The van der Waals surface area contributed by atoms with E-state index in [1.165, 1.54) is 70.3 Å². The summed E-state index contributed by atoms with van der Waals surface area (Å²) in [7, 11) is 0. The van der Waals surface area contributed by atoms with Gasteiger partial charge in [0.25, 0.3) is 0 Å². The van der Waals surface area contributed by atoms with Crippen molar-refractivity contribution in [2.75, 3.05) is 13.2 Å². The average Bonchev–Trinajstić information content (AvgIpc) is 2.77. The van der Waals surface area contributed by atoms with Crippen LogP contribution in [-0.2, 0) is 15.9 Å². The SMILES string of the molecule is CCCCCCCCOC(CCc1cccc(OC(=O)O)c1O)OCCCCCCCC. The number of benzene rings is 1. The first kappa shape index (κ1) is 28.2. The molecular weight excluding hydrogens is 408 g/mol. The third-order valence-electron chi connectivity index (χ3n) is 5.53. The quantitative estimate of drug-likeness (QED) is 0.0924. The molecule has 6 heteroatoms. The third-order valence-corrected chi connectivity index (χ3v) is 5.53. The van der Waals surface area contributed by atoms with Crippen LogP contribution in [0.3, 0.4) is 0 Å². The van der Waals surface area contributed by atoms with Crippen molar-refractivity contribution < 1.29 is 29.2 Å². The van der Waals surface area contributed by atoms with Crippen molar-refractivity contribution in [3.8, 4) is 11.5 Å². The van der Waals surface area contributed by atoms with Crippen LogP contribution in [-0.4, -0.2) is 35.9 Å². The molecule has 0 aliphatic carbocycles. The molecular formula is C26H44O6. The Hall–Kier alpha value is -1.79. The molecule has 0 bridgehead atoms. The average molecular weight is 453 g/mol. The number of carboxylic acid groups (broad SMARTS) is 1. The normalized spacial score (nSPS) is 11.2. The van der Waals surface area contributed by atoms with Gasteiger partial charge in [-0.05, 0) is 30.9 Å². The van der Waals surface area contributed by atoms with E-state index in [1.54, 1.807) is 12.1 Å². The Bertz CT molecular complexity index is 586. The molecule has 0 radical (unpaired) electrons. The van der Waals surface area contributed by atoms with Gasteiger partial charge in [-0.2, -0.15) is 0 Å². The molecule has 2 N–H and O–H groups in total. The lowest BCUT2D eigenvalue weighted by Crippen LogP contribution is -2.20. The Balaban J connectivity index is 2.47. The van der Waals surface area contributed by atoms with Crippen LogP contribution in [0.15, 0.2) is 18.2 Å². The fourth-order valence-corrected chi connectivity index (χ4v) is 3.63. The monoisotopic (exact) mass is 452 g/mol. The first-order valence-electron chi connectivity index (χ1n) is 12.5. The van der Waals surface area contributed by atoms with Gasteiger partial charge in [0.1, 0.15) is 0 Å². The van der Waals surface area contributed by atoms with Crippen molar-refractivity contribution in [2.24, 2.45) is 0 Å². The summed E-state index contributed by atoms with van der Waals surface area (Å²) in [5.74, 6) is -0.187. The summed E-state index contributed by atoms with van der Waals surface area (Å²) >= 11 is 0. The molecule has 1 rings (SSSR count). The number of hydrogen-bond donors (Lipinski definition) is 2. The minimum Gasteiger partial charge on any atom is -0.504 e.